The lowest BCUT2D eigenvalue weighted by Crippen LogP contribution is -2.43. The molecule has 88 valence electrons. The Labute approximate surface area is 95.6 Å². The van der Waals surface area contributed by atoms with E-state index in [1.54, 1.807) is 25.8 Å². The van der Waals surface area contributed by atoms with Crippen LogP contribution in [0.25, 0.3) is 0 Å². The Morgan fingerprint density at radius 1 is 1.44 bits per heavy atom. The Bertz CT molecular complexity index is 344. The third kappa shape index (κ3) is 2.51. The Morgan fingerprint density at radius 3 is 2.62 bits per heavy atom. The minimum Gasteiger partial charge on any atom is -0.344 e. The molecule has 5 nitrogen and oxygen atoms in total. The lowest BCUT2D eigenvalue weighted by atomic mass is 9.94. The molecule has 16 heavy (non-hydrogen) atoms. The summed E-state index contributed by atoms with van der Waals surface area (Å²) in [5.41, 5.74) is -1.05. The lowest BCUT2D eigenvalue weighted by Gasteiger charge is -2.25. The van der Waals surface area contributed by atoms with Crippen LogP contribution in [0.5, 0.6) is 0 Å². The molecule has 0 spiro atoms. The fraction of sp³-hybridized carbons (Fsp3) is 0.727. The Balaban J connectivity index is 2.78. The minimum absolute atomic E-state index is 0.0698. The summed E-state index contributed by atoms with van der Waals surface area (Å²) in [6, 6.07) is 1.97. The van der Waals surface area contributed by atoms with Crippen molar-refractivity contribution in [3.8, 4) is 6.07 Å². The number of likely N-dealkylation sites (N-methyl/N-ethyl adjacent to an activating group) is 1. The number of carbonyl (C=O) groups is 2. The van der Waals surface area contributed by atoms with Crippen LogP contribution in [0.3, 0.4) is 0 Å². The molecule has 0 unspecified atom stereocenters. The molecule has 2 amide bonds. The normalized spacial score (nSPS) is 18.0. The van der Waals surface area contributed by atoms with Crippen molar-refractivity contribution < 1.29 is 9.59 Å². The maximum Gasteiger partial charge on any atom is 0.242 e. The van der Waals surface area contributed by atoms with Crippen molar-refractivity contribution in [3.63, 3.8) is 0 Å². The maximum absolute atomic E-state index is 12.0. The largest absolute Gasteiger partial charge is 0.344 e. The molecule has 0 aromatic heterocycles. The topological polar surface area (TPSA) is 64.4 Å². The molecule has 1 heterocycles. The summed E-state index contributed by atoms with van der Waals surface area (Å²) < 4.78 is 0. The highest BCUT2D eigenvalue weighted by Gasteiger charge is 2.34. The first-order chi connectivity index (χ1) is 7.38. The summed E-state index contributed by atoms with van der Waals surface area (Å²) in [6.07, 6.45) is 0.759. The van der Waals surface area contributed by atoms with E-state index in [0.29, 0.717) is 13.1 Å². The van der Waals surface area contributed by atoms with Crippen LogP contribution in [0, 0.1) is 16.7 Å². The SMILES string of the molecule is CN1CCCN(C(=O)C(C)(C)C#N)CC1=O. The summed E-state index contributed by atoms with van der Waals surface area (Å²) >= 11 is 0. The number of carbonyl (C=O) groups excluding carboxylic acids is 2. The fourth-order valence-electron chi connectivity index (χ4n) is 1.60. The van der Waals surface area contributed by atoms with Crippen LogP contribution in [-0.4, -0.2) is 48.3 Å². The van der Waals surface area contributed by atoms with Crippen LogP contribution in [-0.2, 0) is 9.59 Å². The molecular weight excluding hydrogens is 206 g/mol. The molecule has 1 fully saturated rings. The molecule has 0 aromatic carbocycles. The summed E-state index contributed by atoms with van der Waals surface area (Å²) in [6.45, 7) is 4.44. The van der Waals surface area contributed by atoms with Gasteiger partial charge >= 0.3 is 0 Å². The molecule has 1 aliphatic heterocycles. The van der Waals surface area contributed by atoms with E-state index < -0.39 is 5.41 Å². The predicted octanol–water partition coefficient (Wildman–Crippen LogP) is 0.227. The quantitative estimate of drug-likeness (QED) is 0.639. The fourth-order valence-corrected chi connectivity index (χ4v) is 1.60. The van der Waals surface area contributed by atoms with Gasteiger partial charge in [0.05, 0.1) is 12.6 Å². The molecule has 1 aliphatic rings. The molecule has 0 aromatic rings. The minimum atomic E-state index is -1.05. The average Bonchev–Trinajstić information content (AvgIpc) is 2.41. The molecule has 5 heteroatoms. The van der Waals surface area contributed by atoms with E-state index >= 15 is 0 Å². The van der Waals surface area contributed by atoms with Gasteiger partial charge in [0.2, 0.25) is 11.8 Å². The van der Waals surface area contributed by atoms with Crippen molar-refractivity contribution in [2.45, 2.75) is 20.3 Å². The zero-order chi connectivity index (χ0) is 12.3. The highest BCUT2D eigenvalue weighted by atomic mass is 16.2. The van der Waals surface area contributed by atoms with E-state index in [1.807, 2.05) is 6.07 Å². The molecule has 0 bridgehead atoms. The van der Waals surface area contributed by atoms with Crippen LogP contribution in [0.15, 0.2) is 0 Å². The third-order valence-corrected chi connectivity index (χ3v) is 2.77. The van der Waals surface area contributed by atoms with Gasteiger partial charge in [-0.2, -0.15) is 5.26 Å². The zero-order valence-electron chi connectivity index (χ0n) is 9.99. The second-order valence-corrected chi connectivity index (χ2v) is 4.63. The van der Waals surface area contributed by atoms with Gasteiger partial charge in [0.1, 0.15) is 5.41 Å². The Hall–Kier alpha value is -1.57. The summed E-state index contributed by atoms with van der Waals surface area (Å²) in [5.74, 6) is -0.335. The molecule has 1 saturated heterocycles. The first-order valence-electron chi connectivity index (χ1n) is 5.33. The summed E-state index contributed by atoms with van der Waals surface area (Å²) in [4.78, 5) is 26.7. The average molecular weight is 223 g/mol. The van der Waals surface area contributed by atoms with Gasteiger partial charge in [-0.15, -0.1) is 0 Å². The van der Waals surface area contributed by atoms with Crippen molar-refractivity contribution in [1.29, 1.82) is 5.26 Å². The van der Waals surface area contributed by atoms with Crippen molar-refractivity contribution in [2.75, 3.05) is 26.7 Å². The first kappa shape index (κ1) is 12.5. The number of nitriles is 1. The highest BCUT2D eigenvalue weighted by molar-refractivity contribution is 5.89. The van der Waals surface area contributed by atoms with Crippen molar-refractivity contribution in [3.05, 3.63) is 0 Å². The predicted molar refractivity (Wildman–Crippen MR) is 58.2 cm³/mol. The lowest BCUT2D eigenvalue weighted by molar-refractivity contribution is -0.142. The Morgan fingerprint density at radius 2 is 2.06 bits per heavy atom. The summed E-state index contributed by atoms with van der Waals surface area (Å²) in [5, 5.41) is 8.89. The monoisotopic (exact) mass is 223 g/mol. The first-order valence-corrected chi connectivity index (χ1v) is 5.33. The number of amides is 2. The van der Waals surface area contributed by atoms with Gasteiger partial charge in [0, 0.05) is 20.1 Å². The maximum atomic E-state index is 12.0. The second kappa shape index (κ2) is 4.52. The van der Waals surface area contributed by atoms with Gasteiger partial charge in [-0.05, 0) is 20.3 Å². The van der Waals surface area contributed by atoms with Crippen molar-refractivity contribution in [2.24, 2.45) is 5.41 Å². The van der Waals surface area contributed by atoms with E-state index in [0.717, 1.165) is 6.42 Å². The van der Waals surface area contributed by atoms with Crippen LogP contribution < -0.4 is 0 Å². The number of hydrogen-bond acceptors (Lipinski definition) is 3. The number of rotatable bonds is 1. The highest BCUT2D eigenvalue weighted by Crippen LogP contribution is 2.18. The van der Waals surface area contributed by atoms with Crippen molar-refractivity contribution >= 4 is 11.8 Å². The van der Waals surface area contributed by atoms with Crippen LogP contribution in [0.1, 0.15) is 20.3 Å². The molecular formula is C11H17N3O2. The van der Waals surface area contributed by atoms with Crippen LogP contribution >= 0.6 is 0 Å². The van der Waals surface area contributed by atoms with Gasteiger partial charge in [-0.25, -0.2) is 0 Å². The van der Waals surface area contributed by atoms with E-state index in [9.17, 15) is 9.59 Å². The molecule has 0 saturated carbocycles. The van der Waals surface area contributed by atoms with Gasteiger partial charge in [-0.1, -0.05) is 0 Å². The van der Waals surface area contributed by atoms with Crippen molar-refractivity contribution in [1.82, 2.24) is 9.80 Å². The third-order valence-electron chi connectivity index (χ3n) is 2.77. The van der Waals surface area contributed by atoms with Gasteiger partial charge < -0.3 is 9.80 Å². The molecule has 1 rings (SSSR count). The van der Waals surface area contributed by atoms with Gasteiger partial charge in [0.25, 0.3) is 0 Å². The number of nitrogens with zero attached hydrogens (tertiary/aromatic N) is 3. The second-order valence-electron chi connectivity index (χ2n) is 4.63. The van der Waals surface area contributed by atoms with Gasteiger partial charge in [0.15, 0.2) is 0 Å². The Kier molecular flexibility index (Phi) is 3.53. The van der Waals surface area contributed by atoms with Crippen LogP contribution in [0.4, 0.5) is 0 Å². The van der Waals surface area contributed by atoms with E-state index in [1.165, 1.54) is 4.90 Å². The smallest absolute Gasteiger partial charge is 0.242 e. The van der Waals surface area contributed by atoms with Gasteiger partial charge in [-0.3, -0.25) is 9.59 Å². The standard InChI is InChI=1S/C11H17N3O2/c1-11(2,8-12)10(16)14-6-4-5-13(3)9(15)7-14/h4-7H2,1-3H3. The number of hydrogen-bond donors (Lipinski definition) is 0. The molecule has 0 radical (unpaired) electrons. The zero-order valence-corrected chi connectivity index (χ0v) is 9.99. The van der Waals surface area contributed by atoms with E-state index in [-0.39, 0.29) is 18.4 Å². The van der Waals surface area contributed by atoms with E-state index in [4.69, 9.17) is 5.26 Å². The molecule has 0 aliphatic carbocycles. The van der Waals surface area contributed by atoms with Crippen LogP contribution in [0.2, 0.25) is 0 Å². The molecule has 0 atom stereocenters. The van der Waals surface area contributed by atoms with E-state index in [2.05, 4.69) is 0 Å². The molecule has 0 N–H and O–H groups in total. The summed E-state index contributed by atoms with van der Waals surface area (Å²) in [7, 11) is 1.73.